The van der Waals surface area contributed by atoms with Gasteiger partial charge in [0.05, 0.1) is 25.3 Å². The largest absolute Gasteiger partial charge is 0.508 e. The van der Waals surface area contributed by atoms with E-state index in [9.17, 15) is 4.79 Å². The van der Waals surface area contributed by atoms with E-state index in [1.165, 1.54) is 7.11 Å². The third-order valence-electron chi connectivity index (χ3n) is 2.66. The van der Waals surface area contributed by atoms with E-state index in [4.69, 9.17) is 20.7 Å². The van der Waals surface area contributed by atoms with Crippen LogP contribution in [-0.4, -0.2) is 48.5 Å². The Labute approximate surface area is 112 Å². The molecule has 6 nitrogen and oxygen atoms in total. The standard InChI is InChI=1S/C13H20N2O4/c1-19-8-10(7-16)15-13(18)12(14)6-9-2-4-11(17)5-3-9/h2-5,10,12,16-17H,6-8,14H2,1H3,(H,15,18). The molecule has 106 valence electrons. The average molecular weight is 268 g/mol. The number of methoxy groups -OCH3 is 1. The van der Waals surface area contributed by atoms with Crippen LogP contribution >= 0.6 is 0 Å². The van der Waals surface area contributed by atoms with Gasteiger partial charge in [-0.2, -0.15) is 0 Å². The van der Waals surface area contributed by atoms with E-state index in [1.807, 2.05) is 0 Å². The van der Waals surface area contributed by atoms with Gasteiger partial charge in [-0.25, -0.2) is 0 Å². The maximum atomic E-state index is 11.8. The fourth-order valence-corrected chi connectivity index (χ4v) is 1.63. The summed E-state index contributed by atoms with van der Waals surface area (Å²) in [5.74, 6) is -0.175. The zero-order valence-electron chi connectivity index (χ0n) is 10.9. The van der Waals surface area contributed by atoms with Gasteiger partial charge in [-0.1, -0.05) is 12.1 Å². The van der Waals surface area contributed by atoms with Crippen molar-refractivity contribution in [3.05, 3.63) is 29.8 Å². The number of nitrogens with one attached hydrogen (secondary N) is 1. The first-order valence-corrected chi connectivity index (χ1v) is 6.00. The summed E-state index contributed by atoms with van der Waals surface area (Å²) < 4.78 is 4.86. The van der Waals surface area contributed by atoms with E-state index in [1.54, 1.807) is 24.3 Å². The highest BCUT2D eigenvalue weighted by Crippen LogP contribution is 2.10. The predicted octanol–water partition coefficient (Wildman–Crippen LogP) is -0.614. The molecule has 0 fully saturated rings. The van der Waals surface area contributed by atoms with Gasteiger partial charge in [0.15, 0.2) is 0 Å². The van der Waals surface area contributed by atoms with Crippen LogP contribution in [0.5, 0.6) is 5.75 Å². The van der Waals surface area contributed by atoms with Crippen LogP contribution in [0.15, 0.2) is 24.3 Å². The normalized spacial score (nSPS) is 13.8. The third kappa shape index (κ3) is 5.25. The van der Waals surface area contributed by atoms with Gasteiger partial charge in [0, 0.05) is 7.11 Å². The van der Waals surface area contributed by atoms with Crippen molar-refractivity contribution in [2.24, 2.45) is 5.73 Å². The molecule has 19 heavy (non-hydrogen) atoms. The van der Waals surface area contributed by atoms with Crippen molar-refractivity contribution < 1.29 is 19.7 Å². The van der Waals surface area contributed by atoms with Crippen molar-refractivity contribution in [3.63, 3.8) is 0 Å². The SMILES string of the molecule is COCC(CO)NC(=O)C(N)Cc1ccc(O)cc1. The molecule has 0 aliphatic heterocycles. The van der Waals surface area contributed by atoms with Crippen LogP contribution in [0, 0.1) is 0 Å². The first-order chi connectivity index (χ1) is 9.06. The van der Waals surface area contributed by atoms with Crippen LogP contribution < -0.4 is 11.1 Å². The van der Waals surface area contributed by atoms with Gasteiger partial charge in [-0.3, -0.25) is 4.79 Å². The number of benzene rings is 1. The number of phenols is 1. The van der Waals surface area contributed by atoms with Crippen LogP contribution in [0.25, 0.3) is 0 Å². The Morgan fingerprint density at radius 3 is 2.58 bits per heavy atom. The molecule has 1 amide bonds. The molecule has 2 unspecified atom stereocenters. The van der Waals surface area contributed by atoms with E-state index in [2.05, 4.69) is 5.32 Å². The smallest absolute Gasteiger partial charge is 0.237 e. The summed E-state index contributed by atoms with van der Waals surface area (Å²) in [7, 11) is 1.49. The van der Waals surface area contributed by atoms with E-state index in [-0.39, 0.29) is 24.9 Å². The monoisotopic (exact) mass is 268 g/mol. The van der Waals surface area contributed by atoms with Crippen molar-refractivity contribution >= 4 is 5.91 Å². The lowest BCUT2D eigenvalue weighted by Crippen LogP contribution is -2.49. The molecule has 0 bridgehead atoms. The van der Waals surface area contributed by atoms with Crippen molar-refractivity contribution in [1.29, 1.82) is 0 Å². The fraction of sp³-hybridized carbons (Fsp3) is 0.462. The van der Waals surface area contributed by atoms with E-state index >= 15 is 0 Å². The number of rotatable bonds is 7. The molecule has 0 radical (unpaired) electrons. The highest BCUT2D eigenvalue weighted by Gasteiger charge is 2.18. The van der Waals surface area contributed by atoms with Gasteiger partial charge < -0.3 is 26.0 Å². The molecule has 1 aromatic rings. The molecule has 0 aliphatic carbocycles. The number of carbonyl (C=O) groups excluding carboxylic acids is 1. The maximum absolute atomic E-state index is 11.8. The molecule has 0 saturated carbocycles. The number of nitrogens with two attached hydrogens (primary N) is 1. The average Bonchev–Trinajstić information content (AvgIpc) is 2.40. The number of hydrogen-bond donors (Lipinski definition) is 4. The van der Waals surface area contributed by atoms with Crippen LogP contribution in [0.1, 0.15) is 5.56 Å². The molecule has 6 heteroatoms. The number of aromatic hydroxyl groups is 1. The molecular formula is C13H20N2O4. The zero-order chi connectivity index (χ0) is 14.3. The van der Waals surface area contributed by atoms with Gasteiger partial charge >= 0.3 is 0 Å². The van der Waals surface area contributed by atoms with E-state index in [0.29, 0.717) is 6.42 Å². The molecule has 1 aromatic carbocycles. The van der Waals surface area contributed by atoms with Crippen molar-refractivity contribution in [1.82, 2.24) is 5.32 Å². The maximum Gasteiger partial charge on any atom is 0.237 e. The Morgan fingerprint density at radius 2 is 2.05 bits per heavy atom. The second-order valence-electron chi connectivity index (χ2n) is 4.32. The summed E-state index contributed by atoms with van der Waals surface area (Å²) in [4.78, 5) is 11.8. The van der Waals surface area contributed by atoms with Gasteiger partial charge in [-0.15, -0.1) is 0 Å². The Morgan fingerprint density at radius 1 is 1.42 bits per heavy atom. The highest BCUT2D eigenvalue weighted by atomic mass is 16.5. The van der Waals surface area contributed by atoms with Gasteiger partial charge in [0.1, 0.15) is 5.75 Å². The lowest BCUT2D eigenvalue weighted by Gasteiger charge is -2.18. The first kappa shape index (κ1) is 15.4. The summed E-state index contributed by atoms with van der Waals surface area (Å²) in [6, 6.07) is 5.34. The molecule has 0 saturated heterocycles. The van der Waals surface area contributed by atoms with Crippen LogP contribution in [0.3, 0.4) is 0 Å². The Hall–Kier alpha value is -1.63. The van der Waals surface area contributed by atoms with Gasteiger partial charge in [-0.05, 0) is 24.1 Å². The zero-order valence-corrected chi connectivity index (χ0v) is 10.9. The molecule has 0 aromatic heterocycles. The number of ether oxygens (including phenoxy) is 1. The fourth-order valence-electron chi connectivity index (χ4n) is 1.63. The first-order valence-electron chi connectivity index (χ1n) is 6.00. The molecule has 0 aliphatic rings. The Bertz CT molecular complexity index is 394. The number of carbonyl (C=O) groups is 1. The molecule has 0 spiro atoms. The number of aliphatic hydroxyl groups excluding tert-OH is 1. The van der Waals surface area contributed by atoms with Crippen LogP contribution in [0.2, 0.25) is 0 Å². The number of aliphatic hydroxyl groups is 1. The highest BCUT2D eigenvalue weighted by molar-refractivity contribution is 5.82. The Kier molecular flexibility index (Phi) is 6.27. The molecule has 1 rings (SSSR count). The van der Waals surface area contributed by atoms with E-state index < -0.39 is 12.1 Å². The minimum Gasteiger partial charge on any atom is -0.508 e. The Balaban J connectivity index is 2.50. The number of amides is 1. The second-order valence-corrected chi connectivity index (χ2v) is 4.32. The van der Waals surface area contributed by atoms with Gasteiger partial charge in [0.25, 0.3) is 0 Å². The number of hydrogen-bond acceptors (Lipinski definition) is 5. The minimum atomic E-state index is -0.713. The topological polar surface area (TPSA) is 105 Å². The summed E-state index contributed by atoms with van der Waals surface area (Å²) in [5.41, 5.74) is 6.64. The van der Waals surface area contributed by atoms with Crippen LogP contribution in [0.4, 0.5) is 0 Å². The summed E-state index contributed by atoms with van der Waals surface area (Å²) in [5, 5.41) is 20.8. The summed E-state index contributed by atoms with van der Waals surface area (Å²) in [6.07, 6.45) is 0.358. The number of phenolic OH excluding ortho intramolecular Hbond substituents is 1. The molecule has 0 heterocycles. The third-order valence-corrected chi connectivity index (χ3v) is 2.66. The quantitative estimate of drug-likeness (QED) is 0.528. The van der Waals surface area contributed by atoms with Crippen LogP contribution in [-0.2, 0) is 16.0 Å². The lowest BCUT2D eigenvalue weighted by molar-refractivity contribution is -0.123. The summed E-state index contributed by atoms with van der Waals surface area (Å²) in [6.45, 7) is 0.0275. The van der Waals surface area contributed by atoms with E-state index in [0.717, 1.165) is 5.56 Å². The van der Waals surface area contributed by atoms with Gasteiger partial charge in [0.2, 0.25) is 5.91 Å². The van der Waals surface area contributed by atoms with Crippen molar-refractivity contribution in [3.8, 4) is 5.75 Å². The molecule has 5 N–H and O–H groups in total. The summed E-state index contributed by atoms with van der Waals surface area (Å²) >= 11 is 0. The lowest BCUT2D eigenvalue weighted by atomic mass is 10.1. The van der Waals surface area contributed by atoms with Crippen molar-refractivity contribution in [2.45, 2.75) is 18.5 Å². The molecular weight excluding hydrogens is 248 g/mol. The second kappa shape index (κ2) is 7.73. The minimum absolute atomic E-state index is 0.169. The van der Waals surface area contributed by atoms with Crippen molar-refractivity contribution in [2.75, 3.05) is 20.3 Å². The predicted molar refractivity (Wildman–Crippen MR) is 70.7 cm³/mol. The molecule has 2 atom stereocenters.